The van der Waals surface area contributed by atoms with Crippen LogP contribution in [0.4, 0.5) is 0 Å². The summed E-state index contributed by atoms with van der Waals surface area (Å²) in [5.41, 5.74) is 3.08. The van der Waals surface area contributed by atoms with Gasteiger partial charge in [-0.05, 0) is 37.7 Å². The number of ketones is 1. The summed E-state index contributed by atoms with van der Waals surface area (Å²) in [5.74, 6) is 1.38. The largest absolute Gasteiger partial charge is 0.295 e. The van der Waals surface area contributed by atoms with Gasteiger partial charge in [-0.25, -0.2) is 0 Å². The number of hydrogen-bond acceptors (Lipinski definition) is 1. The first kappa shape index (κ1) is 11.6. The third-order valence-electron chi connectivity index (χ3n) is 4.47. The summed E-state index contributed by atoms with van der Waals surface area (Å²) >= 11 is 0. The molecule has 0 N–H and O–H groups in total. The molecule has 88 valence electrons. The minimum atomic E-state index is 0.210. The molecule has 2 rings (SSSR count). The summed E-state index contributed by atoms with van der Waals surface area (Å²) < 4.78 is 0. The van der Waals surface area contributed by atoms with Crippen LogP contribution in [0.3, 0.4) is 0 Å². The molecule has 2 aliphatic carbocycles. The second-order valence-corrected chi connectivity index (χ2v) is 5.72. The van der Waals surface area contributed by atoms with E-state index in [9.17, 15) is 4.79 Å². The second-order valence-electron chi connectivity index (χ2n) is 5.72. The van der Waals surface area contributed by atoms with E-state index in [0.717, 1.165) is 6.42 Å². The lowest BCUT2D eigenvalue weighted by molar-refractivity contribution is -0.116. The van der Waals surface area contributed by atoms with Crippen LogP contribution in [-0.4, -0.2) is 5.78 Å². The molecule has 0 aliphatic heterocycles. The van der Waals surface area contributed by atoms with Crippen molar-refractivity contribution in [2.45, 2.75) is 47.0 Å². The van der Waals surface area contributed by atoms with Gasteiger partial charge in [-0.15, -0.1) is 0 Å². The summed E-state index contributed by atoms with van der Waals surface area (Å²) in [7, 11) is 0. The van der Waals surface area contributed by atoms with E-state index < -0.39 is 0 Å². The van der Waals surface area contributed by atoms with Crippen LogP contribution < -0.4 is 0 Å². The minimum absolute atomic E-state index is 0.210. The summed E-state index contributed by atoms with van der Waals surface area (Å²) in [4.78, 5) is 11.6. The van der Waals surface area contributed by atoms with E-state index >= 15 is 0 Å². The maximum Gasteiger partial charge on any atom is 0.155 e. The van der Waals surface area contributed by atoms with E-state index in [-0.39, 0.29) is 5.41 Å². The average molecular weight is 218 g/mol. The van der Waals surface area contributed by atoms with Crippen molar-refractivity contribution >= 4 is 5.78 Å². The average Bonchev–Trinajstić information content (AvgIpc) is 2.59. The van der Waals surface area contributed by atoms with Gasteiger partial charge in [0.15, 0.2) is 5.78 Å². The van der Waals surface area contributed by atoms with Crippen molar-refractivity contribution in [3.8, 4) is 0 Å². The van der Waals surface area contributed by atoms with Gasteiger partial charge in [0.25, 0.3) is 0 Å². The van der Waals surface area contributed by atoms with Crippen LogP contribution >= 0.6 is 0 Å². The maximum atomic E-state index is 11.6. The second kappa shape index (κ2) is 3.87. The Labute approximate surface area is 98.6 Å². The van der Waals surface area contributed by atoms with E-state index in [1.807, 2.05) is 6.08 Å². The first-order chi connectivity index (χ1) is 7.48. The summed E-state index contributed by atoms with van der Waals surface area (Å²) in [6.07, 6.45) is 7.41. The fourth-order valence-electron chi connectivity index (χ4n) is 3.78. The zero-order valence-electron chi connectivity index (χ0n) is 10.8. The highest BCUT2D eigenvalue weighted by Gasteiger charge is 2.46. The van der Waals surface area contributed by atoms with E-state index in [4.69, 9.17) is 0 Å². The van der Waals surface area contributed by atoms with Gasteiger partial charge in [-0.2, -0.15) is 0 Å². The van der Waals surface area contributed by atoms with Crippen molar-refractivity contribution in [2.24, 2.45) is 17.3 Å². The molecule has 0 aromatic heterocycles. The Kier molecular flexibility index (Phi) is 2.81. The first-order valence-electron chi connectivity index (χ1n) is 6.40. The molecule has 0 saturated heterocycles. The van der Waals surface area contributed by atoms with E-state index in [1.165, 1.54) is 18.4 Å². The van der Waals surface area contributed by atoms with Crippen LogP contribution in [0.15, 0.2) is 23.3 Å². The molecule has 2 atom stereocenters. The molecule has 2 unspecified atom stereocenters. The van der Waals surface area contributed by atoms with Crippen molar-refractivity contribution in [3.63, 3.8) is 0 Å². The molecule has 0 aromatic carbocycles. The first-order valence-corrected chi connectivity index (χ1v) is 6.40. The predicted molar refractivity (Wildman–Crippen MR) is 67.1 cm³/mol. The third-order valence-corrected chi connectivity index (χ3v) is 4.47. The fraction of sp³-hybridized carbons (Fsp3) is 0.667. The van der Waals surface area contributed by atoms with Gasteiger partial charge in [0.2, 0.25) is 0 Å². The molecule has 0 aromatic rings. The number of carbonyl (C=O) groups excluding carboxylic acids is 1. The molecular formula is C15H22O. The molecule has 2 aliphatic rings. The van der Waals surface area contributed by atoms with Gasteiger partial charge in [-0.1, -0.05) is 38.0 Å². The minimum Gasteiger partial charge on any atom is -0.295 e. The molecule has 0 radical (unpaired) electrons. The molecule has 1 spiro atoms. The molecule has 0 bridgehead atoms. The number of allylic oxidation sites excluding steroid dienone is 4. The Balaban J connectivity index is 2.48. The van der Waals surface area contributed by atoms with Crippen molar-refractivity contribution in [1.29, 1.82) is 0 Å². The Hall–Kier alpha value is -0.850. The van der Waals surface area contributed by atoms with Crippen LogP contribution in [0.5, 0.6) is 0 Å². The van der Waals surface area contributed by atoms with E-state index in [2.05, 4.69) is 33.8 Å². The molecule has 16 heavy (non-hydrogen) atoms. The molecule has 1 heteroatoms. The topological polar surface area (TPSA) is 17.1 Å². The highest BCUT2D eigenvalue weighted by atomic mass is 16.1. The Morgan fingerprint density at radius 3 is 2.69 bits per heavy atom. The van der Waals surface area contributed by atoms with Gasteiger partial charge in [0.1, 0.15) is 0 Å². The normalized spacial score (nSPS) is 34.6. The van der Waals surface area contributed by atoms with Crippen LogP contribution in [0.2, 0.25) is 0 Å². The molecule has 0 heterocycles. The van der Waals surface area contributed by atoms with Crippen molar-refractivity contribution in [3.05, 3.63) is 23.3 Å². The predicted octanol–water partition coefficient (Wildman–Crippen LogP) is 3.90. The van der Waals surface area contributed by atoms with E-state index in [1.54, 1.807) is 5.57 Å². The van der Waals surface area contributed by atoms with E-state index in [0.29, 0.717) is 17.6 Å². The summed E-state index contributed by atoms with van der Waals surface area (Å²) in [6.45, 7) is 8.94. The molecule has 1 nitrogen and oxygen atoms in total. The summed E-state index contributed by atoms with van der Waals surface area (Å²) in [6, 6.07) is 0. The van der Waals surface area contributed by atoms with Crippen molar-refractivity contribution < 1.29 is 4.79 Å². The fourth-order valence-corrected chi connectivity index (χ4v) is 3.78. The highest BCUT2D eigenvalue weighted by Crippen LogP contribution is 2.55. The highest BCUT2D eigenvalue weighted by molar-refractivity contribution is 5.92. The number of carbonyl (C=O) groups is 1. The van der Waals surface area contributed by atoms with Crippen LogP contribution in [0.25, 0.3) is 0 Å². The lowest BCUT2D eigenvalue weighted by Gasteiger charge is -2.43. The number of hydrogen-bond donors (Lipinski definition) is 0. The molecular weight excluding hydrogens is 196 g/mol. The standard InChI is InChI=1S/C15H22O/c1-10(2)14-6-5-7-15(14)11(3)8-13(16)9-12(15)4/h6,8,10,12H,5,7,9H2,1-4H3. The van der Waals surface area contributed by atoms with Gasteiger partial charge in [0, 0.05) is 11.8 Å². The van der Waals surface area contributed by atoms with Crippen LogP contribution in [0, 0.1) is 17.3 Å². The Morgan fingerprint density at radius 2 is 2.12 bits per heavy atom. The summed E-state index contributed by atoms with van der Waals surface area (Å²) in [5, 5.41) is 0. The Morgan fingerprint density at radius 1 is 1.44 bits per heavy atom. The SMILES string of the molecule is CC1=CC(=O)CC(C)C12CCC=C2C(C)C. The van der Waals surface area contributed by atoms with Crippen molar-refractivity contribution in [1.82, 2.24) is 0 Å². The number of rotatable bonds is 1. The van der Waals surface area contributed by atoms with Crippen LogP contribution in [0.1, 0.15) is 47.0 Å². The lowest BCUT2D eigenvalue weighted by Crippen LogP contribution is -2.36. The zero-order valence-corrected chi connectivity index (χ0v) is 10.8. The zero-order chi connectivity index (χ0) is 11.9. The molecule has 0 fully saturated rings. The van der Waals surface area contributed by atoms with Gasteiger partial charge < -0.3 is 0 Å². The maximum absolute atomic E-state index is 11.6. The Bertz CT molecular complexity index is 373. The van der Waals surface area contributed by atoms with Crippen molar-refractivity contribution in [2.75, 3.05) is 0 Å². The molecule has 0 amide bonds. The smallest absolute Gasteiger partial charge is 0.155 e. The monoisotopic (exact) mass is 218 g/mol. The quantitative estimate of drug-likeness (QED) is 0.610. The van der Waals surface area contributed by atoms with Gasteiger partial charge >= 0.3 is 0 Å². The van der Waals surface area contributed by atoms with Gasteiger partial charge in [-0.3, -0.25) is 4.79 Å². The van der Waals surface area contributed by atoms with Crippen LogP contribution in [-0.2, 0) is 4.79 Å². The van der Waals surface area contributed by atoms with Gasteiger partial charge in [0.05, 0.1) is 0 Å². The lowest BCUT2D eigenvalue weighted by atomic mass is 9.60. The third kappa shape index (κ3) is 1.49. The molecule has 0 saturated carbocycles.